The molecule has 0 amide bonds. The first kappa shape index (κ1) is 9.78. The average Bonchev–Trinajstić information content (AvgIpc) is 2.18. The van der Waals surface area contributed by atoms with Crippen molar-refractivity contribution >= 4 is 0 Å². The normalized spacial score (nSPS) is 33.5. The fraction of sp³-hybridized carbons (Fsp3) is 0.667. The Hall–Kier alpha value is -0.760. The van der Waals surface area contributed by atoms with E-state index in [4.69, 9.17) is 0 Å². The quantitative estimate of drug-likeness (QED) is 0.627. The van der Waals surface area contributed by atoms with Crippen molar-refractivity contribution in [2.75, 3.05) is 13.1 Å². The van der Waals surface area contributed by atoms with Crippen LogP contribution in [-0.2, 0) is 0 Å². The summed E-state index contributed by atoms with van der Waals surface area (Å²) in [5.41, 5.74) is 1.43. The highest BCUT2D eigenvalue weighted by Gasteiger charge is 2.22. The van der Waals surface area contributed by atoms with Gasteiger partial charge >= 0.3 is 0 Å². The molecule has 2 unspecified atom stereocenters. The van der Waals surface area contributed by atoms with Gasteiger partial charge in [0.15, 0.2) is 0 Å². The van der Waals surface area contributed by atoms with Gasteiger partial charge in [0.05, 0.1) is 5.76 Å². The summed E-state index contributed by atoms with van der Waals surface area (Å²) in [5.74, 6) is 1.73. The van der Waals surface area contributed by atoms with E-state index < -0.39 is 0 Å². The van der Waals surface area contributed by atoms with Gasteiger partial charge in [-0.15, -0.1) is 0 Å². The molecule has 1 heterocycles. The largest absolute Gasteiger partial charge is 0.513 e. The first-order valence-corrected chi connectivity index (χ1v) is 5.53. The standard InChI is InChI=1S/C12H19NO/c1-9-5-11(8-13-7-9)10-3-2-4-12(14)6-10/h5-6,10-11,13-14H,2-4,7-8H2,1H3. The van der Waals surface area contributed by atoms with Crippen LogP contribution in [0, 0.1) is 11.8 Å². The third kappa shape index (κ3) is 2.18. The molecule has 0 spiro atoms. The van der Waals surface area contributed by atoms with Gasteiger partial charge in [0, 0.05) is 19.5 Å². The molecule has 2 N–H and O–H groups in total. The highest BCUT2D eigenvalue weighted by molar-refractivity contribution is 5.13. The van der Waals surface area contributed by atoms with E-state index in [9.17, 15) is 5.11 Å². The van der Waals surface area contributed by atoms with Gasteiger partial charge in [0.25, 0.3) is 0 Å². The van der Waals surface area contributed by atoms with Crippen molar-refractivity contribution in [2.45, 2.75) is 26.2 Å². The van der Waals surface area contributed by atoms with Crippen LogP contribution in [-0.4, -0.2) is 18.2 Å². The second-order valence-electron chi connectivity index (χ2n) is 4.52. The first-order chi connectivity index (χ1) is 6.75. The third-order valence-corrected chi connectivity index (χ3v) is 3.21. The molecular weight excluding hydrogens is 174 g/mol. The minimum atomic E-state index is 0.548. The van der Waals surface area contributed by atoms with Gasteiger partial charge in [-0.2, -0.15) is 0 Å². The zero-order valence-corrected chi connectivity index (χ0v) is 8.79. The molecule has 2 heteroatoms. The molecule has 2 nitrogen and oxygen atoms in total. The first-order valence-electron chi connectivity index (χ1n) is 5.53. The Morgan fingerprint density at radius 2 is 2.21 bits per heavy atom. The molecule has 0 saturated carbocycles. The molecule has 1 aliphatic heterocycles. The molecule has 2 aliphatic rings. The van der Waals surface area contributed by atoms with Crippen molar-refractivity contribution in [1.82, 2.24) is 5.32 Å². The zero-order chi connectivity index (χ0) is 9.97. The summed E-state index contributed by atoms with van der Waals surface area (Å²) in [6, 6.07) is 0. The van der Waals surface area contributed by atoms with E-state index in [2.05, 4.69) is 24.4 Å². The van der Waals surface area contributed by atoms with Crippen LogP contribution in [0.25, 0.3) is 0 Å². The van der Waals surface area contributed by atoms with Crippen LogP contribution in [0.1, 0.15) is 26.2 Å². The molecule has 14 heavy (non-hydrogen) atoms. The van der Waals surface area contributed by atoms with Crippen LogP contribution in [0.4, 0.5) is 0 Å². The fourth-order valence-corrected chi connectivity index (χ4v) is 2.46. The minimum absolute atomic E-state index is 0.548. The molecule has 2 rings (SSSR count). The third-order valence-electron chi connectivity index (χ3n) is 3.21. The molecule has 2 atom stereocenters. The number of rotatable bonds is 1. The highest BCUT2D eigenvalue weighted by atomic mass is 16.3. The van der Waals surface area contributed by atoms with E-state index >= 15 is 0 Å². The Balaban J connectivity index is 2.07. The maximum atomic E-state index is 9.50. The van der Waals surface area contributed by atoms with E-state index in [0.717, 1.165) is 25.9 Å². The SMILES string of the molecule is CC1=CC(C2C=C(O)CCC2)CNC1. The summed E-state index contributed by atoms with van der Waals surface area (Å²) in [4.78, 5) is 0. The number of allylic oxidation sites excluding steroid dienone is 2. The Kier molecular flexibility index (Phi) is 2.92. The van der Waals surface area contributed by atoms with Gasteiger partial charge in [-0.25, -0.2) is 0 Å². The van der Waals surface area contributed by atoms with Crippen LogP contribution < -0.4 is 5.32 Å². The van der Waals surface area contributed by atoms with Crippen molar-refractivity contribution in [3.8, 4) is 0 Å². The number of aliphatic hydroxyl groups excluding tert-OH is 1. The van der Waals surface area contributed by atoms with E-state index in [1.807, 2.05) is 0 Å². The highest BCUT2D eigenvalue weighted by Crippen LogP contribution is 2.29. The smallest absolute Gasteiger partial charge is 0.0885 e. The molecule has 1 aliphatic carbocycles. The molecule has 0 saturated heterocycles. The molecule has 0 aromatic carbocycles. The number of nitrogens with one attached hydrogen (secondary N) is 1. The predicted molar refractivity (Wildman–Crippen MR) is 58.2 cm³/mol. The lowest BCUT2D eigenvalue weighted by Gasteiger charge is -2.29. The molecule has 0 radical (unpaired) electrons. The molecule has 78 valence electrons. The van der Waals surface area contributed by atoms with Crippen LogP contribution >= 0.6 is 0 Å². The Morgan fingerprint density at radius 3 is 2.93 bits per heavy atom. The van der Waals surface area contributed by atoms with E-state index in [-0.39, 0.29) is 0 Å². The van der Waals surface area contributed by atoms with E-state index in [1.165, 1.54) is 12.0 Å². The Bertz CT molecular complexity index is 239. The second-order valence-corrected chi connectivity index (χ2v) is 4.52. The van der Waals surface area contributed by atoms with Crippen LogP contribution in [0.2, 0.25) is 0 Å². The van der Waals surface area contributed by atoms with Gasteiger partial charge < -0.3 is 10.4 Å². The number of hydrogen-bond acceptors (Lipinski definition) is 2. The molecular formula is C12H19NO. The van der Waals surface area contributed by atoms with Crippen LogP contribution in [0.5, 0.6) is 0 Å². The monoisotopic (exact) mass is 193 g/mol. The second kappa shape index (κ2) is 4.18. The van der Waals surface area contributed by atoms with Gasteiger partial charge in [-0.3, -0.25) is 0 Å². The lowest BCUT2D eigenvalue weighted by Crippen LogP contribution is -2.32. The van der Waals surface area contributed by atoms with Crippen LogP contribution in [0.15, 0.2) is 23.5 Å². The molecule has 0 bridgehead atoms. The maximum absolute atomic E-state index is 9.50. The molecule has 0 aromatic heterocycles. The van der Waals surface area contributed by atoms with Gasteiger partial charge in [-0.05, 0) is 37.7 Å². The summed E-state index contributed by atoms with van der Waals surface area (Å²) in [5, 5.41) is 12.9. The molecule has 0 aromatic rings. The van der Waals surface area contributed by atoms with Gasteiger partial charge in [-0.1, -0.05) is 11.6 Å². The summed E-state index contributed by atoms with van der Waals surface area (Å²) in [6.07, 6.45) is 7.66. The number of aliphatic hydroxyl groups is 1. The number of hydrogen-bond donors (Lipinski definition) is 2. The van der Waals surface area contributed by atoms with Crippen molar-refractivity contribution in [3.63, 3.8) is 0 Å². The van der Waals surface area contributed by atoms with Crippen molar-refractivity contribution < 1.29 is 5.11 Å². The summed E-state index contributed by atoms with van der Waals surface area (Å²) in [6.45, 7) is 4.26. The van der Waals surface area contributed by atoms with Crippen molar-refractivity contribution in [2.24, 2.45) is 11.8 Å². The van der Waals surface area contributed by atoms with Crippen molar-refractivity contribution in [3.05, 3.63) is 23.5 Å². The topological polar surface area (TPSA) is 32.3 Å². The Morgan fingerprint density at radius 1 is 1.36 bits per heavy atom. The zero-order valence-electron chi connectivity index (χ0n) is 8.79. The summed E-state index contributed by atoms with van der Waals surface area (Å²) >= 11 is 0. The predicted octanol–water partition coefficient (Wildman–Crippen LogP) is 2.39. The fourth-order valence-electron chi connectivity index (χ4n) is 2.46. The van der Waals surface area contributed by atoms with E-state index in [1.54, 1.807) is 0 Å². The Labute approximate surface area is 85.7 Å². The lowest BCUT2D eigenvalue weighted by molar-refractivity contribution is 0.316. The molecule has 0 fully saturated rings. The van der Waals surface area contributed by atoms with Crippen molar-refractivity contribution in [1.29, 1.82) is 0 Å². The summed E-state index contributed by atoms with van der Waals surface area (Å²) < 4.78 is 0. The van der Waals surface area contributed by atoms with Gasteiger partial charge in [0.2, 0.25) is 0 Å². The van der Waals surface area contributed by atoms with E-state index in [0.29, 0.717) is 17.6 Å². The minimum Gasteiger partial charge on any atom is -0.513 e. The maximum Gasteiger partial charge on any atom is 0.0885 e. The lowest BCUT2D eigenvalue weighted by atomic mass is 9.82. The average molecular weight is 193 g/mol. The van der Waals surface area contributed by atoms with Crippen LogP contribution in [0.3, 0.4) is 0 Å². The van der Waals surface area contributed by atoms with Gasteiger partial charge in [0.1, 0.15) is 0 Å². The summed E-state index contributed by atoms with van der Waals surface area (Å²) in [7, 11) is 0.